The minimum absolute atomic E-state index is 0.153. The first-order valence-electron chi connectivity index (χ1n) is 7.11. The van der Waals surface area contributed by atoms with Crippen molar-refractivity contribution in [2.24, 2.45) is 0 Å². The van der Waals surface area contributed by atoms with Gasteiger partial charge in [-0.2, -0.15) is 0 Å². The Morgan fingerprint density at radius 2 is 2.00 bits per heavy atom. The fraction of sp³-hybridized carbons (Fsp3) is 0.294. The van der Waals surface area contributed by atoms with Crippen LogP contribution in [0.1, 0.15) is 41.8 Å². The zero-order chi connectivity index (χ0) is 14.8. The summed E-state index contributed by atoms with van der Waals surface area (Å²) in [6, 6.07) is 10.7. The molecular weight excluding hydrogens is 268 g/mol. The number of carbonyl (C=O) groups excluding carboxylic acids is 1. The first kappa shape index (κ1) is 13.6. The maximum Gasteiger partial charge on any atom is 0.342 e. The third-order valence-electron chi connectivity index (χ3n) is 3.50. The molecule has 2 aromatic rings. The Kier molecular flexibility index (Phi) is 3.60. The van der Waals surface area contributed by atoms with E-state index in [0.29, 0.717) is 16.9 Å². The Bertz CT molecular complexity index is 711. The van der Waals surface area contributed by atoms with Crippen molar-refractivity contribution in [3.63, 3.8) is 0 Å². The molecule has 4 nitrogen and oxygen atoms in total. The number of esters is 1. The van der Waals surface area contributed by atoms with E-state index in [0.717, 1.165) is 18.4 Å². The van der Waals surface area contributed by atoms with Gasteiger partial charge in [-0.25, -0.2) is 9.59 Å². The molecule has 0 amide bonds. The molecule has 1 heterocycles. The molecule has 4 heteroatoms. The van der Waals surface area contributed by atoms with Gasteiger partial charge in [-0.3, -0.25) is 0 Å². The lowest BCUT2D eigenvalue weighted by atomic mass is 9.98. The van der Waals surface area contributed by atoms with E-state index in [-0.39, 0.29) is 12.5 Å². The van der Waals surface area contributed by atoms with Gasteiger partial charge < -0.3 is 9.15 Å². The van der Waals surface area contributed by atoms with E-state index < -0.39 is 11.6 Å². The fourth-order valence-electron chi connectivity index (χ4n) is 2.40. The topological polar surface area (TPSA) is 56.5 Å². The molecule has 0 bridgehead atoms. The maximum absolute atomic E-state index is 12.3. The number of carbonyl (C=O) groups is 1. The van der Waals surface area contributed by atoms with Crippen molar-refractivity contribution in [3.05, 3.63) is 58.1 Å². The van der Waals surface area contributed by atoms with Crippen LogP contribution < -0.4 is 5.63 Å². The zero-order valence-electron chi connectivity index (χ0n) is 11.8. The highest BCUT2D eigenvalue weighted by atomic mass is 16.5. The molecule has 1 aliphatic rings. The SMILES string of the molecule is CCOC(=O)c1c(-c2ccccc2)cc(=O)oc1C1CC1. The van der Waals surface area contributed by atoms with Crippen molar-refractivity contribution in [3.8, 4) is 11.1 Å². The number of hydrogen-bond acceptors (Lipinski definition) is 4. The second-order valence-corrected chi connectivity index (χ2v) is 5.08. The van der Waals surface area contributed by atoms with Gasteiger partial charge in [0.15, 0.2) is 0 Å². The van der Waals surface area contributed by atoms with Crippen molar-refractivity contribution in [1.29, 1.82) is 0 Å². The van der Waals surface area contributed by atoms with E-state index in [2.05, 4.69) is 0 Å². The minimum Gasteiger partial charge on any atom is -0.462 e. The van der Waals surface area contributed by atoms with E-state index in [1.165, 1.54) is 6.07 Å². The zero-order valence-corrected chi connectivity index (χ0v) is 11.8. The smallest absolute Gasteiger partial charge is 0.342 e. The van der Waals surface area contributed by atoms with Gasteiger partial charge >= 0.3 is 11.6 Å². The minimum atomic E-state index is -0.429. The van der Waals surface area contributed by atoms with Crippen LogP contribution in [-0.2, 0) is 4.74 Å². The monoisotopic (exact) mass is 284 g/mol. The average molecular weight is 284 g/mol. The summed E-state index contributed by atoms with van der Waals surface area (Å²) in [5.41, 5.74) is 1.37. The van der Waals surface area contributed by atoms with E-state index in [1.54, 1.807) is 6.92 Å². The molecule has 21 heavy (non-hydrogen) atoms. The number of ether oxygens (including phenoxy) is 1. The summed E-state index contributed by atoms with van der Waals surface area (Å²) in [6.45, 7) is 2.05. The molecule has 0 aliphatic heterocycles. The Labute approximate surface area is 122 Å². The lowest BCUT2D eigenvalue weighted by Gasteiger charge is -2.12. The third kappa shape index (κ3) is 2.75. The van der Waals surface area contributed by atoms with Crippen LogP contribution in [0.15, 0.2) is 45.6 Å². The lowest BCUT2D eigenvalue weighted by molar-refractivity contribution is 0.0522. The van der Waals surface area contributed by atoms with Gasteiger partial charge in [0.05, 0.1) is 6.61 Å². The summed E-state index contributed by atoms with van der Waals surface area (Å²) in [5.74, 6) is 0.197. The molecule has 0 unspecified atom stereocenters. The molecule has 1 saturated carbocycles. The average Bonchev–Trinajstić information content (AvgIpc) is 3.32. The van der Waals surface area contributed by atoms with Gasteiger partial charge in [0, 0.05) is 17.5 Å². The predicted molar refractivity (Wildman–Crippen MR) is 78.3 cm³/mol. The summed E-state index contributed by atoms with van der Waals surface area (Å²) in [6.07, 6.45) is 1.88. The van der Waals surface area contributed by atoms with E-state index in [4.69, 9.17) is 9.15 Å². The third-order valence-corrected chi connectivity index (χ3v) is 3.50. The van der Waals surface area contributed by atoms with Gasteiger partial charge in [-0.05, 0) is 25.3 Å². The Hall–Kier alpha value is -2.36. The van der Waals surface area contributed by atoms with Gasteiger partial charge in [-0.15, -0.1) is 0 Å². The summed E-state index contributed by atoms with van der Waals surface area (Å²) in [4.78, 5) is 24.1. The molecule has 108 valence electrons. The number of hydrogen-bond donors (Lipinski definition) is 0. The molecule has 3 rings (SSSR count). The van der Waals surface area contributed by atoms with Crippen LogP contribution in [0.2, 0.25) is 0 Å². The standard InChI is InChI=1S/C17H16O4/c1-2-20-17(19)15-13(11-6-4-3-5-7-11)10-14(18)21-16(15)12-8-9-12/h3-7,10,12H,2,8-9H2,1H3. The summed E-state index contributed by atoms with van der Waals surface area (Å²) in [7, 11) is 0. The van der Waals surface area contributed by atoms with Crippen molar-refractivity contribution >= 4 is 5.97 Å². The quantitative estimate of drug-likeness (QED) is 0.808. The van der Waals surface area contributed by atoms with E-state index in [1.807, 2.05) is 30.3 Å². The highest BCUT2D eigenvalue weighted by molar-refractivity contribution is 5.98. The van der Waals surface area contributed by atoms with Crippen LogP contribution in [0, 0.1) is 0 Å². The maximum atomic E-state index is 12.3. The van der Waals surface area contributed by atoms with Crippen molar-refractivity contribution < 1.29 is 13.9 Å². The normalized spacial score (nSPS) is 14.0. The van der Waals surface area contributed by atoms with Crippen molar-refractivity contribution in [1.82, 2.24) is 0 Å². The highest BCUT2D eigenvalue weighted by Crippen LogP contribution is 2.43. The Balaban J connectivity index is 2.22. The number of benzene rings is 1. The molecule has 1 aromatic heterocycles. The lowest BCUT2D eigenvalue weighted by Crippen LogP contribution is -2.14. The molecule has 0 saturated heterocycles. The summed E-state index contributed by atoms with van der Waals surface area (Å²) >= 11 is 0. The van der Waals surface area contributed by atoms with Crippen LogP contribution in [-0.4, -0.2) is 12.6 Å². The molecule has 0 radical (unpaired) electrons. The van der Waals surface area contributed by atoms with Crippen LogP contribution in [0.3, 0.4) is 0 Å². The van der Waals surface area contributed by atoms with Crippen LogP contribution in [0.5, 0.6) is 0 Å². The molecule has 1 aliphatic carbocycles. The van der Waals surface area contributed by atoms with Gasteiger partial charge in [-0.1, -0.05) is 30.3 Å². The van der Waals surface area contributed by atoms with E-state index in [9.17, 15) is 9.59 Å². The molecule has 1 fully saturated rings. The number of rotatable bonds is 4. The first-order valence-corrected chi connectivity index (χ1v) is 7.11. The molecular formula is C17H16O4. The largest absolute Gasteiger partial charge is 0.462 e. The summed E-state index contributed by atoms with van der Waals surface area (Å²) < 4.78 is 10.5. The fourth-order valence-corrected chi connectivity index (χ4v) is 2.40. The molecule has 0 N–H and O–H groups in total. The summed E-state index contributed by atoms with van der Waals surface area (Å²) in [5, 5.41) is 0. The van der Waals surface area contributed by atoms with Crippen molar-refractivity contribution in [2.75, 3.05) is 6.61 Å². The molecule has 0 atom stereocenters. The van der Waals surface area contributed by atoms with E-state index >= 15 is 0 Å². The van der Waals surface area contributed by atoms with Crippen LogP contribution in [0.4, 0.5) is 0 Å². The predicted octanol–water partition coefficient (Wildman–Crippen LogP) is 3.36. The molecule has 1 aromatic carbocycles. The van der Waals surface area contributed by atoms with Crippen molar-refractivity contribution in [2.45, 2.75) is 25.7 Å². The van der Waals surface area contributed by atoms with Crippen LogP contribution >= 0.6 is 0 Å². The van der Waals surface area contributed by atoms with Gasteiger partial charge in [0.25, 0.3) is 0 Å². The highest BCUT2D eigenvalue weighted by Gasteiger charge is 2.34. The second kappa shape index (κ2) is 5.56. The Morgan fingerprint density at radius 1 is 1.29 bits per heavy atom. The second-order valence-electron chi connectivity index (χ2n) is 5.08. The van der Waals surface area contributed by atoms with Gasteiger partial charge in [0.1, 0.15) is 11.3 Å². The first-order chi connectivity index (χ1) is 10.2. The van der Waals surface area contributed by atoms with Gasteiger partial charge in [0.2, 0.25) is 0 Å². The molecule has 0 spiro atoms. The van der Waals surface area contributed by atoms with Crippen LogP contribution in [0.25, 0.3) is 11.1 Å². The Morgan fingerprint density at radius 3 is 2.62 bits per heavy atom.